The number of rotatable bonds is 7. The van der Waals surface area contributed by atoms with Crippen molar-refractivity contribution in [1.82, 2.24) is 9.80 Å². The van der Waals surface area contributed by atoms with Crippen molar-refractivity contribution in [2.45, 2.75) is 63.5 Å². The van der Waals surface area contributed by atoms with Gasteiger partial charge in [0.05, 0.1) is 5.60 Å². The molecule has 0 radical (unpaired) electrons. The fourth-order valence-corrected chi connectivity index (χ4v) is 3.54. The van der Waals surface area contributed by atoms with Crippen LogP contribution in [0.1, 0.15) is 51.9 Å². The van der Waals surface area contributed by atoms with Crippen LogP contribution >= 0.6 is 0 Å². The van der Waals surface area contributed by atoms with E-state index in [1.54, 1.807) is 0 Å². The van der Waals surface area contributed by atoms with Gasteiger partial charge in [0.2, 0.25) is 0 Å². The van der Waals surface area contributed by atoms with Gasteiger partial charge in [-0.15, -0.1) is 0 Å². The molecule has 0 aliphatic carbocycles. The lowest BCUT2D eigenvalue weighted by Gasteiger charge is -2.32. The fraction of sp³-hybridized carbons (Fsp3) is 1.00. The number of nitrogens with two attached hydrogens (primary N) is 1. The zero-order chi connectivity index (χ0) is 14.4. The maximum absolute atomic E-state index is 9.88. The van der Waals surface area contributed by atoms with E-state index in [2.05, 4.69) is 9.80 Å². The van der Waals surface area contributed by atoms with Crippen LogP contribution in [-0.2, 0) is 0 Å². The molecule has 0 amide bonds. The third-order valence-corrected chi connectivity index (χ3v) is 5.03. The molecule has 0 aromatic rings. The molecule has 4 nitrogen and oxygen atoms in total. The largest absolute Gasteiger partial charge is 0.389 e. The monoisotopic (exact) mass is 283 g/mol. The molecule has 0 saturated carbocycles. The van der Waals surface area contributed by atoms with Gasteiger partial charge in [-0.1, -0.05) is 6.42 Å². The average Bonchev–Trinajstić information content (AvgIpc) is 2.93. The Bertz CT molecular complexity index is 277. The molecule has 0 aromatic carbocycles. The maximum atomic E-state index is 9.88. The molecule has 2 aliphatic heterocycles. The Hall–Kier alpha value is -0.160. The van der Waals surface area contributed by atoms with E-state index in [0.29, 0.717) is 6.54 Å². The van der Waals surface area contributed by atoms with Crippen molar-refractivity contribution in [3.8, 4) is 0 Å². The third kappa shape index (κ3) is 4.99. The van der Waals surface area contributed by atoms with Gasteiger partial charge in [-0.05, 0) is 71.6 Å². The molecule has 2 heterocycles. The van der Waals surface area contributed by atoms with Crippen LogP contribution in [0.2, 0.25) is 0 Å². The maximum Gasteiger partial charge on any atom is 0.0741 e. The summed E-state index contributed by atoms with van der Waals surface area (Å²) in [6, 6.07) is 0.808. The van der Waals surface area contributed by atoms with Gasteiger partial charge in [0.25, 0.3) is 0 Å². The van der Waals surface area contributed by atoms with E-state index < -0.39 is 5.60 Å². The predicted octanol–water partition coefficient (Wildman–Crippen LogP) is 1.43. The van der Waals surface area contributed by atoms with Gasteiger partial charge in [0.15, 0.2) is 0 Å². The van der Waals surface area contributed by atoms with Gasteiger partial charge < -0.3 is 15.7 Å². The van der Waals surface area contributed by atoms with Crippen molar-refractivity contribution in [1.29, 1.82) is 0 Å². The number of hydrogen-bond donors (Lipinski definition) is 2. The number of hydrogen-bond acceptors (Lipinski definition) is 4. The summed E-state index contributed by atoms with van der Waals surface area (Å²) >= 11 is 0. The van der Waals surface area contributed by atoms with E-state index in [-0.39, 0.29) is 0 Å². The first-order chi connectivity index (χ1) is 9.61. The SMILES string of the molecule is CC(O)(CN)CCCCN1CCC(N2CCCCC2)C1. The van der Waals surface area contributed by atoms with E-state index >= 15 is 0 Å². The summed E-state index contributed by atoms with van der Waals surface area (Å²) in [7, 11) is 0. The van der Waals surface area contributed by atoms with Crippen LogP contribution in [-0.4, -0.2) is 65.8 Å². The summed E-state index contributed by atoms with van der Waals surface area (Å²) < 4.78 is 0. The molecular formula is C16H33N3O. The summed E-state index contributed by atoms with van der Waals surface area (Å²) in [5.41, 5.74) is 4.88. The molecule has 2 fully saturated rings. The molecule has 20 heavy (non-hydrogen) atoms. The molecule has 2 unspecified atom stereocenters. The highest BCUT2D eigenvalue weighted by Gasteiger charge is 2.28. The van der Waals surface area contributed by atoms with Crippen LogP contribution in [0.5, 0.6) is 0 Å². The number of piperidine rings is 1. The second-order valence-electron chi connectivity index (χ2n) is 7.00. The Labute approximate surface area is 124 Å². The van der Waals surface area contributed by atoms with Crippen molar-refractivity contribution in [2.24, 2.45) is 5.73 Å². The molecule has 0 aromatic heterocycles. The van der Waals surface area contributed by atoms with E-state index in [4.69, 9.17) is 5.73 Å². The number of likely N-dealkylation sites (tertiary alicyclic amines) is 2. The Morgan fingerprint density at radius 1 is 1.15 bits per heavy atom. The molecule has 0 spiro atoms. The predicted molar refractivity (Wildman–Crippen MR) is 83.8 cm³/mol. The minimum absolute atomic E-state index is 0.369. The molecule has 2 atom stereocenters. The lowest BCUT2D eigenvalue weighted by molar-refractivity contribution is 0.0565. The minimum atomic E-state index is -0.665. The summed E-state index contributed by atoms with van der Waals surface area (Å²) in [6.45, 7) is 8.55. The number of unbranched alkanes of at least 4 members (excludes halogenated alkanes) is 1. The topological polar surface area (TPSA) is 52.7 Å². The Balaban J connectivity index is 1.59. The lowest BCUT2D eigenvalue weighted by atomic mass is 9.99. The average molecular weight is 283 g/mol. The molecule has 4 heteroatoms. The van der Waals surface area contributed by atoms with Crippen molar-refractivity contribution in [3.63, 3.8) is 0 Å². The van der Waals surface area contributed by atoms with Crippen LogP contribution in [0, 0.1) is 0 Å². The summed E-state index contributed by atoms with van der Waals surface area (Å²) in [4.78, 5) is 5.32. The smallest absolute Gasteiger partial charge is 0.0741 e. The van der Waals surface area contributed by atoms with Gasteiger partial charge in [-0.3, -0.25) is 4.90 Å². The lowest BCUT2D eigenvalue weighted by Crippen LogP contribution is -2.41. The summed E-state index contributed by atoms with van der Waals surface area (Å²) in [6.07, 6.45) is 8.65. The van der Waals surface area contributed by atoms with Crippen LogP contribution in [0.4, 0.5) is 0 Å². The third-order valence-electron chi connectivity index (χ3n) is 5.03. The van der Waals surface area contributed by atoms with Gasteiger partial charge in [0.1, 0.15) is 0 Å². The van der Waals surface area contributed by atoms with Crippen LogP contribution in [0.15, 0.2) is 0 Å². The van der Waals surface area contributed by atoms with Crippen LogP contribution < -0.4 is 5.73 Å². The molecular weight excluding hydrogens is 250 g/mol. The minimum Gasteiger partial charge on any atom is -0.389 e. The first-order valence-electron chi connectivity index (χ1n) is 8.49. The zero-order valence-corrected chi connectivity index (χ0v) is 13.2. The summed E-state index contributed by atoms with van der Waals surface area (Å²) in [5, 5.41) is 9.88. The second-order valence-corrected chi connectivity index (χ2v) is 7.00. The Morgan fingerprint density at radius 3 is 2.60 bits per heavy atom. The second kappa shape index (κ2) is 7.74. The van der Waals surface area contributed by atoms with Crippen LogP contribution in [0.3, 0.4) is 0 Å². The van der Waals surface area contributed by atoms with Gasteiger partial charge >= 0.3 is 0 Å². The first kappa shape index (κ1) is 16.2. The highest BCUT2D eigenvalue weighted by molar-refractivity contribution is 4.84. The van der Waals surface area contributed by atoms with Crippen molar-refractivity contribution < 1.29 is 5.11 Å². The Morgan fingerprint density at radius 2 is 1.90 bits per heavy atom. The Kier molecular flexibility index (Phi) is 6.27. The van der Waals surface area contributed by atoms with Crippen molar-refractivity contribution in [3.05, 3.63) is 0 Å². The first-order valence-corrected chi connectivity index (χ1v) is 8.49. The van der Waals surface area contributed by atoms with Gasteiger partial charge in [-0.25, -0.2) is 0 Å². The van der Waals surface area contributed by atoms with Crippen LogP contribution in [0.25, 0.3) is 0 Å². The highest BCUT2D eigenvalue weighted by Crippen LogP contribution is 2.21. The number of aliphatic hydroxyl groups is 1. The van der Waals surface area contributed by atoms with Gasteiger partial charge in [0, 0.05) is 19.1 Å². The normalized spacial score (nSPS) is 28.6. The molecule has 118 valence electrons. The zero-order valence-electron chi connectivity index (χ0n) is 13.2. The molecule has 3 N–H and O–H groups in total. The van der Waals surface area contributed by atoms with Crippen molar-refractivity contribution in [2.75, 3.05) is 39.3 Å². The van der Waals surface area contributed by atoms with E-state index in [0.717, 1.165) is 18.9 Å². The highest BCUT2D eigenvalue weighted by atomic mass is 16.3. The molecule has 2 aliphatic rings. The number of nitrogens with zero attached hydrogens (tertiary/aromatic N) is 2. The van der Waals surface area contributed by atoms with E-state index in [1.807, 2.05) is 6.92 Å². The molecule has 0 bridgehead atoms. The fourth-order valence-electron chi connectivity index (χ4n) is 3.54. The standard InChI is InChI=1S/C16H33N3O/c1-16(20,14-17)8-3-6-9-18-12-7-15(13-18)19-10-4-2-5-11-19/h15,20H,2-14,17H2,1H3. The van der Waals surface area contributed by atoms with E-state index in [1.165, 1.54) is 64.8 Å². The van der Waals surface area contributed by atoms with Gasteiger partial charge in [-0.2, -0.15) is 0 Å². The quantitative estimate of drug-likeness (QED) is 0.694. The van der Waals surface area contributed by atoms with Crippen molar-refractivity contribution >= 4 is 0 Å². The molecule has 2 rings (SSSR count). The summed E-state index contributed by atoms with van der Waals surface area (Å²) in [5.74, 6) is 0. The van der Waals surface area contributed by atoms with E-state index in [9.17, 15) is 5.11 Å². The molecule has 2 saturated heterocycles.